The number of benzene rings is 1. The second kappa shape index (κ2) is 8.44. The van der Waals surface area contributed by atoms with Crippen LogP contribution in [0, 0.1) is 11.3 Å². The Kier molecular flexibility index (Phi) is 6.60. The highest BCUT2D eigenvalue weighted by Crippen LogP contribution is 2.20. The number of nitrogens with one attached hydrogen (secondary N) is 1. The molecule has 7 nitrogen and oxygen atoms in total. The predicted molar refractivity (Wildman–Crippen MR) is 78.2 cm³/mol. The molecule has 0 aliphatic carbocycles. The smallest absolute Gasteiger partial charge is 0.339 e. The Labute approximate surface area is 127 Å². The van der Waals surface area contributed by atoms with E-state index in [-0.39, 0.29) is 11.1 Å². The van der Waals surface area contributed by atoms with Crippen LogP contribution in [0.3, 0.4) is 0 Å². The molecule has 3 N–H and O–H groups in total. The van der Waals surface area contributed by atoms with Crippen molar-refractivity contribution in [3.05, 3.63) is 34.9 Å². The minimum absolute atomic E-state index is 0.139. The second-order valence-electron chi connectivity index (χ2n) is 4.35. The zero-order chi connectivity index (χ0) is 16.5. The van der Waals surface area contributed by atoms with E-state index < -0.39 is 17.6 Å². The Morgan fingerprint density at radius 2 is 2.18 bits per heavy atom. The maximum Gasteiger partial charge on any atom is 0.339 e. The highest BCUT2D eigenvalue weighted by atomic mass is 16.5. The molecule has 1 rings (SSSR count). The van der Waals surface area contributed by atoms with E-state index in [0.29, 0.717) is 25.1 Å². The molecule has 22 heavy (non-hydrogen) atoms. The van der Waals surface area contributed by atoms with Gasteiger partial charge in [-0.2, -0.15) is 5.26 Å². The van der Waals surface area contributed by atoms with Gasteiger partial charge in [-0.05, 0) is 30.2 Å². The summed E-state index contributed by atoms with van der Waals surface area (Å²) in [6.07, 6.45) is 1.89. The van der Waals surface area contributed by atoms with Gasteiger partial charge in [0.1, 0.15) is 23.0 Å². The second-order valence-corrected chi connectivity index (χ2v) is 4.35. The van der Waals surface area contributed by atoms with Crippen LogP contribution in [-0.2, 0) is 9.53 Å². The highest BCUT2D eigenvalue weighted by Gasteiger charge is 2.11. The van der Waals surface area contributed by atoms with Gasteiger partial charge in [0.25, 0.3) is 5.91 Å². The van der Waals surface area contributed by atoms with Crippen molar-refractivity contribution in [2.45, 2.75) is 6.42 Å². The van der Waals surface area contributed by atoms with Crippen molar-refractivity contribution >= 4 is 18.0 Å². The normalized spacial score (nSPS) is 10.8. The minimum Gasteiger partial charge on any atom is -0.507 e. The summed E-state index contributed by atoms with van der Waals surface area (Å²) in [4.78, 5) is 22.6. The fourth-order valence-electron chi connectivity index (χ4n) is 1.65. The van der Waals surface area contributed by atoms with Gasteiger partial charge in [-0.1, -0.05) is 6.07 Å². The Hall–Kier alpha value is -2.85. The van der Waals surface area contributed by atoms with Crippen molar-refractivity contribution in [1.29, 1.82) is 5.26 Å². The fraction of sp³-hybridized carbons (Fsp3) is 0.267. The molecule has 116 valence electrons. The topological polar surface area (TPSA) is 120 Å². The Morgan fingerprint density at radius 1 is 1.45 bits per heavy atom. The number of carboxylic acids is 1. The van der Waals surface area contributed by atoms with Gasteiger partial charge in [0.15, 0.2) is 0 Å². The SMILES string of the molecule is COCCCNC(=O)/C(C#N)=C\c1ccc(C(=O)O)c(O)c1. The molecule has 0 heterocycles. The summed E-state index contributed by atoms with van der Waals surface area (Å²) in [5, 5.41) is 30.0. The summed E-state index contributed by atoms with van der Waals surface area (Å²) in [5.41, 5.74) is -0.0364. The number of carbonyl (C=O) groups is 2. The number of methoxy groups -OCH3 is 1. The number of carboxylic acid groups (broad SMARTS) is 1. The number of amides is 1. The predicted octanol–water partition coefficient (Wildman–Crippen LogP) is 1.15. The molecule has 0 saturated heterocycles. The first-order chi connectivity index (χ1) is 10.5. The third-order valence-electron chi connectivity index (χ3n) is 2.74. The van der Waals surface area contributed by atoms with Crippen molar-refractivity contribution in [1.82, 2.24) is 5.32 Å². The molecule has 0 unspecified atom stereocenters. The van der Waals surface area contributed by atoms with E-state index in [2.05, 4.69) is 5.32 Å². The summed E-state index contributed by atoms with van der Waals surface area (Å²) >= 11 is 0. The molecular weight excluding hydrogens is 288 g/mol. The molecule has 0 spiro atoms. The number of carbonyl (C=O) groups excluding carboxylic acids is 1. The van der Waals surface area contributed by atoms with Gasteiger partial charge in [0.05, 0.1) is 0 Å². The first-order valence-electron chi connectivity index (χ1n) is 6.44. The number of rotatable bonds is 7. The van der Waals surface area contributed by atoms with E-state index in [1.54, 1.807) is 13.2 Å². The van der Waals surface area contributed by atoms with Crippen LogP contribution in [0.1, 0.15) is 22.3 Å². The lowest BCUT2D eigenvalue weighted by molar-refractivity contribution is -0.117. The van der Waals surface area contributed by atoms with Crippen molar-refractivity contribution in [2.24, 2.45) is 0 Å². The number of aromatic hydroxyl groups is 1. The number of nitriles is 1. The largest absolute Gasteiger partial charge is 0.507 e. The van der Waals surface area contributed by atoms with E-state index in [9.17, 15) is 14.7 Å². The lowest BCUT2D eigenvalue weighted by Gasteiger charge is -2.04. The van der Waals surface area contributed by atoms with Gasteiger partial charge in [-0.3, -0.25) is 4.79 Å². The zero-order valence-corrected chi connectivity index (χ0v) is 12.0. The van der Waals surface area contributed by atoms with E-state index in [1.165, 1.54) is 24.3 Å². The van der Waals surface area contributed by atoms with Crippen LogP contribution in [0.15, 0.2) is 23.8 Å². The molecule has 0 aliphatic heterocycles. The third kappa shape index (κ3) is 4.92. The van der Waals surface area contributed by atoms with Crippen molar-refractivity contribution in [2.75, 3.05) is 20.3 Å². The quantitative estimate of drug-likeness (QED) is 0.395. The molecule has 0 fully saturated rings. The first-order valence-corrected chi connectivity index (χ1v) is 6.44. The van der Waals surface area contributed by atoms with Crippen molar-refractivity contribution in [3.63, 3.8) is 0 Å². The number of hydrogen-bond acceptors (Lipinski definition) is 5. The molecule has 7 heteroatoms. The van der Waals surface area contributed by atoms with Gasteiger partial charge in [0, 0.05) is 20.3 Å². The molecule has 0 aromatic heterocycles. The summed E-state index contributed by atoms with van der Waals surface area (Å²) in [6, 6.07) is 5.55. The summed E-state index contributed by atoms with van der Waals surface area (Å²) < 4.78 is 4.84. The van der Waals surface area contributed by atoms with Crippen LogP contribution in [-0.4, -0.2) is 42.4 Å². The summed E-state index contributed by atoms with van der Waals surface area (Å²) in [7, 11) is 1.55. The van der Waals surface area contributed by atoms with Crippen LogP contribution in [0.4, 0.5) is 0 Å². The van der Waals surface area contributed by atoms with Crippen LogP contribution in [0.25, 0.3) is 6.08 Å². The lowest BCUT2D eigenvalue weighted by atomic mass is 10.1. The van der Waals surface area contributed by atoms with Gasteiger partial charge < -0.3 is 20.3 Å². The van der Waals surface area contributed by atoms with Gasteiger partial charge in [0.2, 0.25) is 0 Å². The average Bonchev–Trinajstić information content (AvgIpc) is 2.48. The standard InChI is InChI=1S/C15H16N2O5/c1-22-6-2-5-17-14(19)11(9-16)7-10-3-4-12(15(20)21)13(18)8-10/h3-4,7-8,18H,2,5-6H2,1H3,(H,17,19)(H,20,21)/b11-7-. The molecule has 0 saturated carbocycles. The molecular formula is C15H16N2O5. The molecule has 0 atom stereocenters. The zero-order valence-electron chi connectivity index (χ0n) is 12.0. The molecule has 1 aromatic rings. The minimum atomic E-state index is -1.26. The third-order valence-corrected chi connectivity index (χ3v) is 2.74. The number of nitrogens with zero attached hydrogens (tertiary/aromatic N) is 1. The number of hydrogen-bond donors (Lipinski definition) is 3. The summed E-state index contributed by atoms with van der Waals surface area (Å²) in [6.45, 7) is 0.866. The highest BCUT2D eigenvalue weighted by molar-refractivity contribution is 6.01. The van der Waals surface area contributed by atoms with Crippen LogP contribution in [0.5, 0.6) is 5.75 Å². The lowest BCUT2D eigenvalue weighted by Crippen LogP contribution is -2.26. The molecule has 0 aliphatic rings. The Balaban J connectivity index is 2.84. The average molecular weight is 304 g/mol. The van der Waals surface area contributed by atoms with E-state index in [4.69, 9.17) is 15.1 Å². The fourth-order valence-corrected chi connectivity index (χ4v) is 1.65. The van der Waals surface area contributed by atoms with Gasteiger partial charge in [-0.15, -0.1) is 0 Å². The van der Waals surface area contributed by atoms with E-state index in [0.717, 1.165) is 0 Å². The van der Waals surface area contributed by atoms with Crippen LogP contribution in [0.2, 0.25) is 0 Å². The van der Waals surface area contributed by atoms with Gasteiger partial charge in [-0.25, -0.2) is 4.79 Å². The maximum atomic E-state index is 11.8. The van der Waals surface area contributed by atoms with Crippen molar-refractivity contribution in [3.8, 4) is 11.8 Å². The first kappa shape index (κ1) is 17.2. The number of aromatic carboxylic acids is 1. The maximum absolute atomic E-state index is 11.8. The molecule has 1 amide bonds. The van der Waals surface area contributed by atoms with Crippen LogP contribution < -0.4 is 5.32 Å². The van der Waals surface area contributed by atoms with E-state index >= 15 is 0 Å². The van der Waals surface area contributed by atoms with Gasteiger partial charge >= 0.3 is 5.97 Å². The summed E-state index contributed by atoms with van der Waals surface area (Å²) in [5.74, 6) is -2.23. The molecule has 0 bridgehead atoms. The Bertz CT molecular complexity index is 631. The van der Waals surface area contributed by atoms with E-state index in [1.807, 2.05) is 0 Å². The monoisotopic (exact) mass is 304 g/mol. The van der Waals surface area contributed by atoms with Crippen molar-refractivity contribution < 1.29 is 24.5 Å². The molecule has 0 radical (unpaired) electrons. The number of phenols is 1. The Morgan fingerprint density at radius 3 is 2.73 bits per heavy atom. The number of ether oxygens (including phenoxy) is 1. The van der Waals surface area contributed by atoms with Crippen LogP contribution >= 0.6 is 0 Å². The molecule has 1 aromatic carbocycles.